The molecule has 7 heteroatoms. The normalized spacial score (nSPS) is 11.7. The number of fused-ring (bicyclic) bond motifs is 1. The second-order valence-electron chi connectivity index (χ2n) is 6.21. The van der Waals surface area contributed by atoms with Gasteiger partial charge in [-0.3, -0.25) is 0 Å². The molecule has 0 radical (unpaired) electrons. The highest BCUT2D eigenvalue weighted by molar-refractivity contribution is 7.98. The molecule has 0 atom stereocenters. The number of hydrogen-bond acceptors (Lipinski definition) is 6. The van der Waals surface area contributed by atoms with Crippen molar-refractivity contribution >= 4 is 23.5 Å². The third kappa shape index (κ3) is 3.41. The van der Waals surface area contributed by atoms with Gasteiger partial charge in [0, 0.05) is 11.8 Å². The van der Waals surface area contributed by atoms with Crippen molar-refractivity contribution in [2.45, 2.75) is 31.5 Å². The first-order chi connectivity index (χ1) is 11.4. The van der Waals surface area contributed by atoms with Crippen molar-refractivity contribution < 1.29 is 9.53 Å². The number of hydrogen-bond donors (Lipinski definition) is 0. The van der Waals surface area contributed by atoms with Crippen molar-refractivity contribution in [1.29, 1.82) is 0 Å². The molecule has 0 amide bonds. The molecular formula is C17H18N4O2S. The molecule has 3 rings (SSSR count). The van der Waals surface area contributed by atoms with Crippen molar-refractivity contribution in [2.24, 2.45) is 0 Å². The Labute approximate surface area is 144 Å². The van der Waals surface area contributed by atoms with Gasteiger partial charge in [0.05, 0.1) is 5.69 Å². The Morgan fingerprint density at radius 3 is 2.50 bits per heavy atom. The topological polar surface area (TPSA) is 69.4 Å². The highest BCUT2D eigenvalue weighted by Crippen LogP contribution is 2.25. The number of esters is 1. The van der Waals surface area contributed by atoms with Gasteiger partial charge in [-0.05, 0) is 27.0 Å². The predicted octanol–water partition coefficient (Wildman–Crippen LogP) is 3.47. The van der Waals surface area contributed by atoms with Crippen LogP contribution in [0, 0.1) is 0 Å². The summed E-state index contributed by atoms with van der Waals surface area (Å²) < 4.78 is 7.03. The van der Waals surface area contributed by atoms with Crippen LogP contribution in [-0.2, 0) is 4.74 Å². The zero-order valence-electron chi connectivity index (χ0n) is 14.0. The molecule has 0 aliphatic carbocycles. The van der Waals surface area contributed by atoms with Gasteiger partial charge >= 0.3 is 5.97 Å². The molecule has 0 saturated carbocycles. The SMILES string of the molecule is CSc1nc2nc(-c3ccccc3)c(C(=O)OC(C)(C)C)cn2n1. The van der Waals surface area contributed by atoms with E-state index >= 15 is 0 Å². The van der Waals surface area contributed by atoms with Crippen LogP contribution in [0.15, 0.2) is 41.7 Å². The van der Waals surface area contributed by atoms with Crippen LogP contribution in [0.5, 0.6) is 0 Å². The van der Waals surface area contributed by atoms with E-state index in [4.69, 9.17) is 4.74 Å². The quantitative estimate of drug-likeness (QED) is 0.536. The Kier molecular flexibility index (Phi) is 4.28. The fourth-order valence-electron chi connectivity index (χ4n) is 2.19. The van der Waals surface area contributed by atoms with Gasteiger partial charge in [0.25, 0.3) is 5.78 Å². The molecule has 0 bridgehead atoms. The average molecular weight is 342 g/mol. The van der Waals surface area contributed by atoms with E-state index in [0.29, 0.717) is 22.2 Å². The lowest BCUT2D eigenvalue weighted by Crippen LogP contribution is -2.24. The summed E-state index contributed by atoms with van der Waals surface area (Å²) in [5.74, 6) is 0.0162. The second-order valence-corrected chi connectivity index (χ2v) is 6.99. The first kappa shape index (κ1) is 16.4. The van der Waals surface area contributed by atoms with Crippen LogP contribution in [0.3, 0.4) is 0 Å². The molecule has 0 saturated heterocycles. The molecule has 1 aromatic carbocycles. The Morgan fingerprint density at radius 1 is 1.17 bits per heavy atom. The molecule has 0 unspecified atom stereocenters. The zero-order chi connectivity index (χ0) is 17.3. The van der Waals surface area contributed by atoms with E-state index in [2.05, 4.69) is 15.1 Å². The summed E-state index contributed by atoms with van der Waals surface area (Å²) in [5.41, 5.74) is 1.14. The minimum absolute atomic E-state index is 0.362. The molecule has 2 aromatic heterocycles. The van der Waals surface area contributed by atoms with Gasteiger partial charge in [-0.15, -0.1) is 5.10 Å². The van der Waals surface area contributed by atoms with Gasteiger partial charge < -0.3 is 4.74 Å². The maximum atomic E-state index is 12.6. The van der Waals surface area contributed by atoms with Crippen molar-refractivity contribution in [2.75, 3.05) is 6.26 Å². The Morgan fingerprint density at radius 2 is 1.88 bits per heavy atom. The van der Waals surface area contributed by atoms with Crippen LogP contribution in [-0.4, -0.2) is 37.4 Å². The summed E-state index contributed by atoms with van der Waals surface area (Å²) in [6.07, 6.45) is 3.52. The van der Waals surface area contributed by atoms with E-state index in [1.54, 1.807) is 6.20 Å². The van der Waals surface area contributed by atoms with Gasteiger partial charge in [0.2, 0.25) is 5.16 Å². The summed E-state index contributed by atoms with van der Waals surface area (Å²) in [6.45, 7) is 5.50. The lowest BCUT2D eigenvalue weighted by Gasteiger charge is -2.20. The number of aromatic nitrogens is 4. The van der Waals surface area contributed by atoms with E-state index in [-0.39, 0.29) is 0 Å². The number of nitrogens with zero attached hydrogens (tertiary/aromatic N) is 4. The van der Waals surface area contributed by atoms with Gasteiger partial charge in [-0.1, -0.05) is 42.1 Å². The van der Waals surface area contributed by atoms with Crippen molar-refractivity contribution in [1.82, 2.24) is 19.6 Å². The number of rotatable bonds is 3. The minimum Gasteiger partial charge on any atom is -0.456 e. The van der Waals surface area contributed by atoms with E-state index in [0.717, 1.165) is 5.56 Å². The lowest BCUT2D eigenvalue weighted by molar-refractivity contribution is 0.00694. The first-order valence-corrected chi connectivity index (χ1v) is 8.70. The largest absolute Gasteiger partial charge is 0.456 e. The van der Waals surface area contributed by atoms with Crippen molar-refractivity contribution in [3.05, 3.63) is 42.1 Å². The molecule has 2 heterocycles. The fourth-order valence-corrected chi connectivity index (χ4v) is 2.53. The predicted molar refractivity (Wildman–Crippen MR) is 93.2 cm³/mol. The van der Waals surface area contributed by atoms with Crippen LogP contribution in [0.25, 0.3) is 17.0 Å². The van der Waals surface area contributed by atoms with Gasteiger partial charge in [0.15, 0.2) is 0 Å². The minimum atomic E-state index is -0.590. The lowest BCUT2D eigenvalue weighted by atomic mass is 10.1. The fraction of sp³-hybridized carbons (Fsp3) is 0.294. The summed E-state index contributed by atoms with van der Waals surface area (Å²) in [5, 5.41) is 4.90. The number of ether oxygens (including phenoxy) is 1. The maximum absolute atomic E-state index is 12.6. The molecular weight excluding hydrogens is 324 g/mol. The van der Waals surface area contributed by atoms with Crippen LogP contribution in [0.1, 0.15) is 31.1 Å². The molecule has 24 heavy (non-hydrogen) atoms. The summed E-state index contributed by atoms with van der Waals surface area (Å²) >= 11 is 1.42. The second kappa shape index (κ2) is 6.24. The van der Waals surface area contributed by atoms with E-state index < -0.39 is 11.6 Å². The van der Waals surface area contributed by atoms with E-state index in [1.165, 1.54) is 16.3 Å². The van der Waals surface area contributed by atoms with Gasteiger partial charge in [-0.2, -0.15) is 4.98 Å². The third-order valence-corrected chi connectivity index (χ3v) is 3.70. The van der Waals surface area contributed by atoms with Crippen molar-refractivity contribution in [3.8, 4) is 11.3 Å². The standard InChI is InChI=1S/C17H18N4O2S/c1-17(2,3)23-14(22)12-10-21-15(19-16(20-21)24-4)18-13(12)11-8-6-5-7-9-11/h5-10H,1-4H3. The van der Waals surface area contributed by atoms with Crippen LogP contribution < -0.4 is 0 Å². The molecule has 3 aromatic rings. The zero-order valence-corrected chi connectivity index (χ0v) is 14.8. The van der Waals surface area contributed by atoms with Crippen LogP contribution >= 0.6 is 11.8 Å². The first-order valence-electron chi connectivity index (χ1n) is 7.47. The molecule has 0 spiro atoms. The number of benzene rings is 1. The van der Waals surface area contributed by atoms with E-state index in [1.807, 2.05) is 57.4 Å². The number of carbonyl (C=O) groups excluding carboxylic acids is 1. The monoisotopic (exact) mass is 342 g/mol. The van der Waals surface area contributed by atoms with Gasteiger partial charge in [-0.25, -0.2) is 14.3 Å². The highest BCUT2D eigenvalue weighted by Gasteiger charge is 2.23. The van der Waals surface area contributed by atoms with Gasteiger partial charge in [0.1, 0.15) is 11.2 Å². The summed E-state index contributed by atoms with van der Waals surface area (Å²) in [4.78, 5) is 21.5. The van der Waals surface area contributed by atoms with E-state index in [9.17, 15) is 4.79 Å². The maximum Gasteiger partial charge on any atom is 0.342 e. The molecule has 0 N–H and O–H groups in total. The van der Waals surface area contributed by atoms with Crippen LogP contribution in [0.4, 0.5) is 0 Å². The summed E-state index contributed by atoms with van der Waals surface area (Å²) in [7, 11) is 0. The van der Waals surface area contributed by atoms with Crippen molar-refractivity contribution in [3.63, 3.8) is 0 Å². The summed E-state index contributed by atoms with van der Waals surface area (Å²) in [6, 6.07) is 9.52. The Bertz CT molecular complexity index is 885. The molecule has 0 aliphatic rings. The molecule has 0 fully saturated rings. The number of carbonyl (C=O) groups is 1. The smallest absolute Gasteiger partial charge is 0.342 e. The number of thioether (sulfide) groups is 1. The Hall–Kier alpha value is -2.41. The molecule has 124 valence electrons. The molecule has 6 nitrogen and oxygen atoms in total. The molecule has 0 aliphatic heterocycles. The Balaban J connectivity index is 2.18. The third-order valence-electron chi connectivity index (χ3n) is 3.16. The average Bonchev–Trinajstić information content (AvgIpc) is 2.95. The highest BCUT2D eigenvalue weighted by atomic mass is 32.2. The van der Waals surface area contributed by atoms with Crippen LogP contribution in [0.2, 0.25) is 0 Å².